The van der Waals surface area contributed by atoms with Crippen molar-refractivity contribution < 1.29 is 4.52 Å². The Morgan fingerprint density at radius 1 is 1.35 bits per heavy atom. The molecule has 1 fully saturated rings. The van der Waals surface area contributed by atoms with E-state index >= 15 is 0 Å². The van der Waals surface area contributed by atoms with Crippen LogP contribution in [0.15, 0.2) is 23.0 Å². The highest BCUT2D eigenvalue weighted by atomic mass is 16.5. The third-order valence-corrected chi connectivity index (χ3v) is 2.96. The van der Waals surface area contributed by atoms with Crippen molar-refractivity contribution in [3.8, 4) is 11.4 Å². The monoisotopic (exact) mass is 229 g/mol. The molecule has 0 aromatic carbocycles. The summed E-state index contributed by atoms with van der Waals surface area (Å²) in [5, 5.41) is 8.38. The fraction of sp³-hybridized carbons (Fsp3) is 0.417. The molecule has 1 unspecified atom stereocenters. The van der Waals surface area contributed by atoms with Crippen molar-refractivity contribution in [2.45, 2.75) is 25.8 Å². The molecule has 1 aliphatic rings. The van der Waals surface area contributed by atoms with Crippen LogP contribution in [0.1, 0.15) is 30.8 Å². The zero-order valence-corrected chi connectivity index (χ0v) is 9.63. The molecule has 5 heteroatoms. The fourth-order valence-electron chi connectivity index (χ4n) is 1.89. The van der Waals surface area contributed by atoms with Crippen molar-refractivity contribution in [2.24, 2.45) is 0 Å². The highest BCUT2D eigenvalue weighted by Crippen LogP contribution is 2.28. The van der Waals surface area contributed by atoms with Crippen molar-refractivity contribution in [1.29, 1.82) is 0 Å². The molecule has 17 heavy (non-hydrogen) atoms. The molecule has 0 spiro atoms. The summed E-state index contributed by atoms with van der Waals surface area (Å²) in [5.41, 5.74) is 2.51. The molecular weight excluding hydrogens is 216 g/mol. The molecule has 1 atom stereocenters. The Bertz CT molecular complexity index is 519. The van der Waals surface area contributed by atoms with Gasteiger partial charge in [-0.3, -0.25) is 9.97 Å². The van der Waals surface area contributed by atoms with Gasteiger partial charge in [0.25, 0.3) is 0 Å². The molecule has 0 N–H and O–H groups in total. The van der Waals surface area contributed by atoms with E-state index in [0.717, 1.165) is 42.2 Å². The maximum Gasteiger partial charge on any atom is 0.156 e. The van der Waals surface area contributed by atoms with Crippen LogP contribution in [0.2, 0.25) is 0 Å². The van der Waals surface area contributed by atoms with E-state index in [-0.39, 0.29) is 6.04 Å². The van der Waals surface area contributed by atoms with E-state index in [1.165, 1.54) is 0 Å². The van der Waals surface area contributed by atoms with Crippen LogP contribution in [0.3, 0.4) is 0 Å². The standard InChI is InChI=1S/C12H13N4O/c1-2-8-12(15-6-5-14-8)10-7-11(17-16-10)9-3-4-13-9/h5-7,9H,2-4H2,1H3. The number of hydrogen-bond donors (Lipinski definition) is 0. The summed E-state index contributed by atoms with van der Waals surface area (Å²) in [4.78, 5) is 8.61. The lowest BCUT2D eigenvalue weighted by atomic mass is 10.0. The van der Waals surface area contributed by atoms with Gasteiger partial charge in [0.15, 0.2) is 5.76 Å². The minimum atomic E-state index is 0.193. The van der Waals surface area contributed by atoms with Crippen molar-refractivity contribution in [3.63, 3.8) is 0 Å². The van der Waals surface area contributed by atoms with Crippen LogP contribution < -0.4 is 5.32 Å². The van der Waals surface area contributed by atoms with Gasteiger partial charge in [0.2, 0.25) is 0 Å². The highest BCUT2D eigenvalue weighted by molar-refractivity contribution is 5.56. The molecule has 0 bridgehead atoms. The number of hydrogen-bond acceptors (Lipinski definition) is 4. The largest absolute Gasteiger partial charge is 0.359 e. The average molecular weight is 229 g/mol. The van der Waals surface area contributed by atoms with E-state index in [9.17, 15) is 0 Å². The summed E-state index contributed by atoms with van der Waals surface area (Å²) < 4.78 is 5.31. The van der Waals surface area contributed by atoms with Gasteiger partial charge in [-0.25, -0.2) is 5.32 Å². The van der Waals surface area contributed by atoms with Crippen LogP contribution in [0.4, 0.5) is 0 Å². The zero-order valence-electron chi connectivity index (χ0n) is 9.63. The first-order valence-electron chi connectivity index (χ1n) is 5.82. The molecule has 3 heterocycles. The van der Waals surface area contributed by atoms with Crippen molar-refractivity contribution in [2.75, 3.05) is 6.54 Å². The van der Waals surface area contributed by atoms with Gasteiger partial charge < -0.3 is 4.52 Å². The number of aryl methyl sites for hydroxylation is 1. The van der Waals surface area contributed by atoms with Crippen LogP contribution in [0.5, 0.6) is 0 Å². The quantitative estimate of drug-likeness (QED) is 0.804. The third-order valence-electron chi connectivity index (χ3n) is 2.96. The number of nitrogens with zero attached hydrogens (tertiary/aromatic N) is 4. The predicted molar refractivity (Wildman–Crippen MR) is 61.3 cm³/mol. The van der Waals surface area contributed by atoms with Crippen molar-refractivity contribution >= 4 is 0 Å². The molecule has 3 rings (SSSR count). The normalized spacial score (nSPS) is 19.0. The summed E-state index contributed by atoms with van der Waals surface area (Å²) >= 11 is 0. The zero-order chi connectivity index (χ0) is 11.7. The molecule has 87 valence electrons. The summed E-state index contributed by atoms with van der Waals surface area (Å²) in [6.07, 6.45) is 5.26. The minimum absolute atomic E-state index is 0.193. The first kappa shape index (κ1) is 10.4. The molecule has 2 aromatic rings. The Labute approximate surface area is 99.3 Å². The molecule has 0 amide bonds. The Hall–Kier alpha value is -1.75. The smallest absolute Gasteiger partial charge is 0.156 e. The van der Waals surface area contributed by atoms with E-state index in [1.54, 1.807) is 12.4 Å². The summed E-state index contributed by atoms with van der Waals surface area (Å²) in [6.45, 7) is 2.97. The molecule has 1 saturated heterocycles. The summed E-state index contributed by atoms with van der Waals surface area (Å²) in [6, 6.07) is 2.12. The molecular formula is C12H13N4O. The summed E-state index contributed by atoms with van der Waals surface area (Å²) in [7, 11) is 0. The summed E-state index contributed by atoms with van der Waals surface area (Å²) in [5.74, 6) is 0.832. The van der Waals surface area contributed by atoms with Gasteiger partial charge in [-0.2, -0.15) is 0 Å². The van der Waals surface area contributed by atoms with Gasteiger partial charge in [-0.05, 0) is 12.8 Å². The SMILES string of the molecule is CCc1nccnc1-c1cc(C2CC[N]2)on1. The highest BCUT2D eigenvalue weighted by Gasteiger charge is 2.25. The van der Waals surface area contributed by atoms with Gasteiger partial charge in [0, 0.05) is 25.0 Å². The average Bonchev–Trinajstić information content (AvgIpc) is 2.76. The molecule has 0 saturated carbocycles. The van der Waals surface area contributed by atoms with E-state index < -0.39 is 0 Å². The lowest BCUT2D eigenvalue weighted by Crippen LogP contribution is -2.27. The van der Waals surface area contributed by atoms with Crippen LogP contribution in [0, 0.1) is 0 Å². The van der Waals surface area contributed by atoms with Gasteiger partial charge >= 0.3 is 0 Å². The Balaban J connectivity index is 1.94. The number of aromatic nitrogens is 3. The maximum absolute atomic E-state index is 5.31. The Kier molecular flexibility index (Phi) is 2.60. The number of rotatable bonds is 3. The van der Waals surface area contributed by atoms with E-state index in [4.69, 9.17) is 4.52 Å². The molecule has 1 radical (unpaired) electrons. The van der Waals surface area contributed by atoms with Gasteiger partial charge in [0.1, 0.15) is 11.4 Å². The second kappa shape index (κ2) is 4.25. The first-order chi connectivity index (χ1) is 8.38. The fourth-order valence-corrected chi connectivity index (χ4v) is 1.89. The Morgan fingerprint density at radius 3 is 2.88 bits per heavy atom. The van der Waals surface area contributed by atoms with Crippen molar-refractivity contribution in [3.05, 3.63) is 29.9 Å². The second-order valence-corrected chi connectivity index (χ2v) is 4.03. The first-order valence-corrected chi connectivity index (χ1v) is 5.82. The van der Waals surface area contributed by atoms with E-state index in [1.807, 2.05) is 6.07 Å². The second-order valence-electron chi connectivity index (χ2n) is 4.03. The third kappa shape index (κ3) is 1.82. The maximum atomic E-state index is 5.31. The van der Waals surface area contributed by atoms with Gasteiger partial charge in [0.05, 0.1) is 11.7 Å². The molecule has 0 aliphatic carbocycles. The van der Waals surface area contributed by atoms with Crippen LogP contribution in [-0.4, -0.2) is 21.7 Å². The Morgan fingerprint density at radius 2 is 2.18 bits per heavy atom. The van der Waals surface area contributed by atoms with Crippen molar-refractivity contribution in [1.82, 2.24) is 20.4 Å². The molecule has 5 nitrogen and oxygen atoms in total. The topological polar surface area (TPSA) is 65.9 Å². The lowest BCUT2D eigenvalue weighted by Gasteiger charge is -2.21. The van der Waals surface area contributed by atoms with Gasteiger partial charge in [-0.1, -0.05) is 12.1 Å². The predicted octanol–water partition coefficient (Wildman–Crippen LogP) is 1.74. The van der Waals surface area contributed by atoms with Crippen LogP contribution >= 0.6 is 0 Å². The van der Waals surface area contributed by atoms with E-state index in [0.29, 0.717) is 0 Å². The minimum Gasteiger partial charge on any atom is -0.359 e. The van der Waals surface area contributed by atoms with Gasteiger partial charge in [-0.15, -0.1) is 0 Å². The van der Waals surface area contributed by atoms with Crippen LogP contribution in [0.25, 0.3) is 11.4 Å². The molecule has 2 aromatic heterocycles. The van der Waals surface area contributed by atoms with E-state index in [2.05, 4.69) is 27.4 Å². The molecule has 1 aliphatic heterocycles. The lowest BCUT2D eigenvalue weighted by molar-refractivity contribution is 0.276. The van der Waals surface area contributed by atoms with Crippen LogP contribution in [-0.2, 0) is 6.42 Å².